The quantitative estimate of drug-likeness (QED) is 0.794. The number of rotatable bonds is 3. The van der Waals surface area contributed by atoms with E-state index in [1.165, 1.54) is 4.80 Å². The summed E-state index contributed by atoms with van der Waals surface area (Å²) in [6, 6.07) is 11.0. The van der Waals surface area contributed by atoms with Crippen LogP contribution < -0.4 is 4.74 Å². The molecule has 0 amide bonds. The average Bonchev–Trinajstić information content (AvgIpc) is 2.89. The second-order valence-electron chi connectivity index (χ2n) is 4.52. The van der Waals surface area contributed by atoms with E-state index in [0.717, 1.165) is 28.8 Å². The third-order valence-corrected chi connectivity index (χ3v) is 3.25. The van der Waals surface area contributed by atoms with Gasteiger partial charge in [0.1, 0.15) is 28.2 Å². The number of benzene rings is 2. The van der Waals surface area contributed by atoms with Crippen LogP contribution in [0.2, 0.25) is 0 Å². The number of aromatic nitrogens is 3. The Balaban J connectivity index is 2.10. The Morgan fingerprint density at radius 3 is 2.60 bits per heavy atom. The molecule has 0 fully saturated rings. The van der Waals surface area contributed by atoms with Gasteiger partial charge in [0, 0.05) is 6.07 Å². The van der Waals surface area contributed by atoms with E-state index in [1.54, 1.807) is 13.2 Å². The Bertz CT molecular complexity index is 765. The molecule has 0 saturated carbocycles. The monoisotopic (exact) mass is 269 g/mol. The third-order valence-electron chi connectivity index (χ3n) is 3.25. The highest BCUT2D eigenvalue weighted by Crippen LogP contribution is 2.24. The largest absolute Gasteiger partial charge is 0.506 e. The highest BCUT2D eigenvalue weighted by atomic mass is 16.5. The SMILES string of the molecule is CCc1ccc(-n2nc3ccc(OC)cc3n2)c(O)c1. The summed E-state index contributed by atoms with van der Waals surface area (Å²) in [6.07, 6.45) is 0.875. The number of hydrogen-bond acceptors (Lipinski definition) is 4. The zero-order valence-corrected chi connectivity index (χ0v) is 11.4. The van der Waals surface area contributed by atoms with E-state index in [-0.39, 0.29) is 5.75 Å². The molecule has 1 aromatic heterocycles. The van der Waals surface area contributed by atoms with Crippen LogP contribution in [0, 0.1) is 0 Å². The fraction of sp³-hybridized carbons (Fsp3) is 0.200. The van der Waals surface area contributed by atoms with Crippen LogP contribution in [0.15, 0.2) is 36.4 Å². The highest BCUT2D eigenvalue weighted by Gasteiger charge is 2.09. The van der Waals surface area contributed by atoms with Gasteiger partial charge < -0.3 is 9.84 Å². The summed E-state index contributed by atoms with van der Waals surface area (Å²) in [6.45, 7) is 2.04. The maximum atomic E-state index is 10.1. The van der Waals surface area contributed by atoms with Crippen LogP contribution in [0.5, 0.6) is 11.5 Å². The van der Waals surface area contributed by atoms with Gasteiger partial charge in [0.15, 0.2) is 0 Å². The number of phenolic OH excluding ortho intramolecular Hbond substituents is 1. The van der Waals surface area contributed by atoms with Gasteiger partial charge in [0.05, 0.1) is 7.11 Å². The Labute approximate surface area is 116 Å². The molecule has 0 aliphatic rings. The van der Waals surface area contributed by atoms with Crippen LogP contribution in [0.25, 0.3) is 16.7 Å². The minimum absolute atomic E-state index is 0.177. The topological polar surface area (TPSA) is 60.2 Å². The summed E-state index contributed by atoms with van der Waals surface area (Å²) in [5, 5.41) is 18.8. The maximum Gasteiger partial charge on any atom is 0.143 e. The first-order valence-electron chi connectivity index (χ1n) is 6.44. The Morgan fingerprint density at radius 2 is 1.90 bits per heavy atom. The lowest BCUT2D eigenvalue weighted by Crippen LogP contribution is -1.99. The van der Waals surface area contributed by atoms with Crippen molar-refractivity contribution in [1.82, 2.24) is 15.0 Å². The van der Waals surface area contributed by atoms with Crippen LogP contribution in [0.3, 0.4) is 0 Å². The number of hydrogen-bond donors (Lipinski definition) is 1. The van der Waals surface area contributed by atoms with E-state index in [9.17, 15) is 5.11 Å². The van der Waals surface area contributed by atoms with Gasteiger partial charge in [-0.3, -0.25) is 0 Å². The average molecular weight is 269 g/mol. The number of ether oxygens (including phenoxy) is 1. The summed E-state index contributed by atoms with van der Waals surface area (Å²) >= 11 is 0. The van der Waals surface area contributed by atoms with Gasteiger partial charge in [0.25, 0.3) is 0 Å². The normalized spacial score (nSPS) is 10.9. The van der Waals surface area contributed by atoms with Gasteiger partial charge in [0.2, 0.25) is 0 Å². The van der Waals surface area contributed by atoms with Crippen LogP contribution >= 0.6 is 0 Å². The van der Waals surface area contributed by atoms with Crippen molar-refractivity contribution in [3.8, 4) is 17.2 Å². The molecular weight excluding hydrogens is 254 g/mol. The molecule has 0 radical (unpaired) electrons. The molecule has 1 N–H and O–H groups in total. The molecule has 3 aromatic rings. The van der Waals surface area contributed by atoms with Crippen LogP contribution in [-0.4, -0.2) is 27.2 Å². The van der Waals surface area contributed by atoms with Gasteiger partial charge >= 0.3 is 0 Å². The number of aromatic hydroxyl groups is 1. The molecule has 0 bridgehead atoms. The van der Waals surface area contributed by atoms with Crippen molar-refractivity contribution in [1.29, 1.82) is 0 Å². The Morgan fingerprint density at radius 1 is 1.10 bits per heavy atom. The molecule has 0 spiro atoms. The van der Waals surface area contributed by atoms with Crippen molar-refractivity contribution in [3.63, 3.8) is 0 Å². The fourth-order valence-corrected chi connectivity index (χ4v) is 2.09. The van der Waals surface area contributed by atoms with E-state index >= 15 is 0 Å². The number of phenols is 1. The van der Waals surface area contributed by atoms with Gasteiger partial charge in [-0.1, -0.05) is 13.0 Å². The molecule has 5 heteroatoms. The smallest absolute Gasteiger partial charge is 0.143 e. The first-order valence-corrected chi connectivity index (χ1v) is 6.44. The van der Waals surface area contributed by atoms with Crippen molar-refractivity contribution in [3.05, 3.63) is 42.0 Å². The van der Waals surface area contributed by atoms with Crippen molar-refractivity contribution in [2.24, 2.45) is 0 Å². The number of aryl methyl sites for hydroxylation is 1. The molecular formula is C15H15N3O2. The highest BCUT2D eigenvalue weighted by molar-refractivity contribution is 5.75. The molecule has 102 valence electrons. The molecule has 1 heterocycles. The first kappa shape index (κ1) is 12.5. The molecule has 3 rings (SSSR count). The Hall–Kier alpha value is -2.56. The summed E-state index contributed by atoms with van der Waals surface area (Å²) in [7, 11) is 1.61. The van der Waals surface area contributed by atoms with E-state index in [0.29, 0.717) is 5.69 Å². The lowest BCUT2D eigenvalue weighted by Gasteiger charge is -2.04. The Kier molecular flexibility index (Phi) is 3.02. The number of fused-ring (bicyclic) bond motifs is 1. The number of methoxy groups -OCH3 is 1. The lowest BCUT2D eigenvalue weighted by atomic mass is 10.1. The second-order valence-corrected chi connectivity index (χ2v) is 4.52. The molecule has 0 saturated heterocycles. The predicted octanol–water partition coefficient (Wildman–Crippen LogP) is 2.70. The van der Waals surface area contributed by atoms with Crippen LogP contribution in [0.4, 0.5) is 0 Å². The molecule has 0 aliphatic carbocycles. The second kappa shape index (κ2) is 4.85. The van der Waals surface area contributed by atoms with Crippen molar-refractivity contribution < 1.29 is 9.84 Å². The first-order chi connectivity index (χ1) is 9.71. The van der Waals surface area contributed by atoms with Gasteiger partial charge in [-0.25, -0.2) is 0 Å². The summed E-state index contributed by atoms with van der Waals surface area (Å²) in [5.74, 6) is 0.909. The molecule has 20 heavy (non-hydrogen) atoms. The maximum absolute atomic E-state index is 10.1. The minimum Gasteiger partial charge on any atom is -0.506 e. The van der Waals surface area contributed by atoms with Crippen molar-refractivity contribution >= 4 is 11.0 Å². The van der Waals surface area contributed by atoms with E-state index in [2.05, 4.69) is 10.2 Å². The predicted molar refractivity (Wildman–Crippen MR) is 76.5 cm³/mol. The summed E-state index contributed by atoms with van der Waals surface area (Å²) < 4.78 is 5.16. The molecule has 5 nitrogen and oxygen atoms in total. The summed E-state index contributed by atoms with van der Waals surface area (Å²) in [5.41, 5.74) is 3.12. The number of nitrogens with zero attached hydrogens (tertiary/aromatic N) is 3. The third kappa shape index (κ3) is 2.07. The zero-order chi connectivity index (χ0) is 14.1. The van der Waals surface area contributed by atoms with Crippen molar-refractivity contribution in [2.45, 2.75) is 13.3 Å². The molecule has 0 atom stereocenters. The minimum atomic E-state index is 0.177. The van der Waals surface area contributed by atoms with Gasteiger partial charge in [-0.2, -0.15) is 0 Å². The fourth-order valence-electron chi connectivity index (χ4n) is 2.09. The summed E-state index contributed by atoms with van der Waals surface area (Å²) in [4.78, 5) is 1.44. The molecule has 0 unspecified atom stereocenters. The van der Waals surface area contributed by atoms with E-state index in [1.807, 2.05) is 37.3 Å². The standard InChI is InChI=1S/C15H15N3O2/c1-3-10-4-7-14(15(19)8-10)18-16-12-6-5-11(20-2)9-13(12)17-18/h4-9,19H,3H2,1-2H3. The molecule has 0 aliphatic heterocycles. The lowest BCUT2D eigenvalue weighted by molar-refractivity contribution is 0.415. The van der Waals surface area contributed by atoms with Crippen molar-refractivity contribution in [2.75, 3.05) is 7.11 Å². The van der Waals surface area contributed by atoms with Crippen LogP contribution in [0.1, 0.15) is 12.5 Å². The van der Waals surface area contributed by atoms with Gasteiger partial charge in [-0.05, 0) is 36.2 Å². The zero-order valence-electron chi connectivity index (χ0n) is 11.4. The molecule has 2 aromatic carbocycles. The van der Waals surface area contributed by atoms with Gasteiger partial charge in [-0.15, -0.1) is 15.0 Å². The van der Waals surface area contributed by atoms with Crippen LogP contribution in [-0.2, 0) is 6.42 Å². The van der Waals surface area contributed by atoms with E-state index in [4.69, 9.17) is 4.74 Å². The van der Waals surface area contributed by atoms with E-state index < -0.39 is 0 Å².